The average molecular weight is 646 g/mol. The maximum Gasteiger partial charge on any atom is 0.238 e. The highest BCUT2D eigenvalue weighted by molar-refractivity contribution is 6.32. The second-order valence-electron chi connectivity index (χ2n) is 13.5. The highest BCUT2D eigenvalue weighted by Gasteiger charge is 2.66. The lowest BCUT2D eigenvalue weighted by atomic mass is 9.44. The Morgan fingerprint density at radius 1 is 0.796 bits per heavy atom. The minimum absolute atomic E-state index is 0.0444. The van der Waals surface area contributed by atoms with Crippen LogP contribution in [0.5, 0.6) is 5.75 Å². The normalized spacial score (nSPS) is 27.5. The Morgan fingerprint density at radius 3 is 2.16 bits per heavy atom. The molecule has 0 aromatic heterocycles. The minimum atomic E-state index is -1.40. The van der Waals surface area contributed by atoms with Crippen molar-refractivity contribution >= 4 is 34.6 Å². The van der Waals surface area contributed by atoms with E-state index >= 15 is 9.59 Å². The lowest BCUT2D eigenvalue weighted by Crippen LogP contribution is -2.58. The molecule has 3 aliphatic carbocycles. The lowest BCUT2D eigenvalue weighted by Gasteiger charge is -2.55. The lowest BCUT2D eigenvalue weighted by molar-refractivity contribution is -0.135. The molecule has 1 heterocycles. The average Bonchev–Trinajstić information content (AvgIpc) is 3.40. The molecule has 8 rings (SSSR count). The van der Waals surface area contributed by atoms with Crippen LogP contribution < -0.4 is 4.90 Å². The van der Waals surface area contributed by atoms with Crippen LogP contribution in [0.4, 0.5) is 5.69 Å². The molecule has 49 heavy (non-hydrogen) atoms. The summed E-state index contributed by atoms with van der Waals surface area (Å²) < 4.78 is 0. The van der Waals surface area contributed by atoms with Gasteiger partial charge in [0.2, 0.25) is 11.8 Å². The van der Waals surface area contributed by atoms with E-state index in [0.29, 0.717) is 46.4 Å². The zero-order valence-electron chi connectivity index (χ0n) is 26.9. The van der Waals surface area contributed by atoms with Crippen LogP contribution in [0.25, 0.3) is 5.57 Å². The van der Waals surface area contributed by atoms with Crippen molar-refractivity contribution in [2.45, 2.75) is 30.6 Å². The van der Waals surface area contributed by atoms with Gasteiger partial charge in [0.25, 0.3) is 0 Å². The van der Waals surface area contributed by atoms with Crippen molar-refractivity contribution in [3.05, 3.63) is 162 Å². The summed E-state index contributed by atoms with van der Waals surface area (Å²) in [7, 11) is 0. The third-order valence-electron chi connectivity index (χ3n) is 11.2. The minimum Gasteiger partial charge on any atom is -0.507 e. The van der Waals surface area contributed by atoms with E-state index in [9.17, 15) is 14.7 Å². The van der Waals surface area contributed by atoms with Crippen molar-refractivity contribution in [1.29, 1.82) is 0 Å². The van der Waals surface area contributed by atoms with Crippen LogP contribution in [-0.2, 0) is 31.0 Å². The smallest absolute Gasteiger partial charge is 0.238 e. The quantitative estimate of drug-likeness (QED) is 0.178. The molecule has 0 radical (unpaired) electrons. The third-order valence-corrected chi connectivity index (χ3v) is 11.2. The summed E-state index contributed by atoms with van der Waals surface area (Å²) in [6.45, 7) is 3.87. The molecule has 6 atom stereocenters. The van der Waals surface area contributed by atoms with Gasteiger partial charge in [0.05, 0.1) is 22.9 Å². The van der Waals surface area contributed by atoms with E-state index in [1.54, 1.807) is 30.3 Å². The Balaban J connectivity index is 1.39. The fourth-order valence-electron chi connectivity index (χ4n) is 9.21. The van der Waals surface area contributed by atoms with E-state index in [2.05, 4.69) is 6.58 Å². The maximum absolute atomic E-state index is 15.2. The molecule has 6 heteroatoms. The van der Waals surface area contributed by atoms with E-state index in [4.69, 9.17) is 0 Å². The van der Waals surface area contributed by atoms with Crippen LogP contribution in [0.1, 0.15) is 41.0 Å². The summed E-state index contributed by atoms with van der Waals surface area (Å²) in [6.07, 6.45) is 6.16. The van der Waals surface area contributed by atoms with Crippen molar-refractivity contribution in [3.63, 3.8) is 0 Å². The first-order valence-electron chi connectivity index (χ1n) is 16.8. The van der Waals surface area contributed by atoms with Gasteiger partial charge in [-0.25, -0.2) is 0 Å². The topological polar surface area (TPSA) is 91.8 Å². The van der Waals surface area contributed by atoms with Gasteiger partial charge in [-0.05, 0) is 60.1 Å². The molecule has 1 saturated heterocycles. The zero-order valence-corrected chi connectivity index (χ0v) is 26.9. The molecule has 1 aliphatic heterocycles. The Kier molecular flexibility index (Phi) is 7.40. The van der Waals surface area contributed by atoms with Gasteiger partial charge in [0.1, 0.15) is 5.75 Å². The summed E-state index contributed by atoms with van der Waals surface area (Å²) in [6, 6.07) is 33.1. The highest BCUT2D eigenvalue weighted by Crippen LogP contribution is 2.64. The number of imide groups is 1. The molecule has 2 fully saturated rings. The number of fused-ring (bicyclic) bond motifs is 4. The number of anilines is 1. The molecule has 1 saturated carbocycles. The first kappa shape index (κ1) is 30.7. The molecule has 242 valence electrons. The van der Waals surface area contributed by atoms with Gasteiger partial charge in [-0.1, -0.05) is 115 Å². The molecule has 1 N–H and O–H groups in total. The first-order valence-corrected chi connectivity index (χ1v) is 16.8. The van der Waals surface area contributed by atoms with Crippen molar-refractivity contribution in [1.82, 2.24) is 0 Å². The molecule has 0 bridgehead atoms. The van der Waals surface area contributed by atoms with Crippen molar-refractivity contribution in [2.24, 2.45) is 23.7 Å². The van der Waals surface area contributed by atoms with E-state index in [1.807, 2.05) is 91.0 Å². The van der Waals surface area contributed by atoms with Crippen LogP contribution in [0.3, 0.4) is 0 Å². The fourth-order valence-corrected chi connectivity index (χ4v) is 9.21. The second-order valence-corrected chi connectivity index (χ2v) is 13.5. The maximum atomic E-state index is 15.2. The molecular formula is C43H35NO5. The molecular weight excluding hydrogens is 610 g/mol. The SMILES string of the molecule is C=CCc1cccc([C@H]2C3=CC[C@@H]4C(=O)N(c5ccccc5)C(=O)[C@@H]4[C@@H]3C[C@H]3C(=O)C(c4ccccc4)=CC(=O)[C@@]23c2ccccc2)c1O. The standard InChI is InChI=1S/C43H35NO5/c1-2-13-27-16-12-21-32(39(27)46)38-30-22-23-31-37(42(49)44(41(31)48)29-19-10-5-11-20-29)34(30)24-35-40(47)33(26-14-6-3-7-15-26)25-36(45)43(35,38)28-17-8-4-9-18-28/h2-12,14-22,25,31,34-35,37-38,46H,1,13,23-24H2/t31-,34+,35-,37-,38+,43-/m0/s1. The predicted octanol–water partition coefficient (Wildman–Crippen LogP) is 7.15. The van der Waals surface area contributed by atoms with Gasteiger partial charge in [-0.2, -0.15) is 0 Å². The number of aromatic hydroxyl groups is 1. The van der Waals surface area contributed by atoms with Gasteiger partial charge in [0, 0.05) is 23.0 Å². The number of carbonyl (C=O) groups is 4. The number of para-hydroxylation sites is 2. The molecule has 0 spiro atoms. The highest BCUT2D eigenvalue weighted by atomic mass is 16.3. The largest absolute Gasteiger partial charge is 0.507 e. The second kappa shape index (κ2) is 11.8. The number of amides is 2. The van der Waals surface area contributed by atoms with Gasteiger partial charge in [-0.3, -0.25) is 24.1 Å². The van der Waals surface area contributed by atoms with Crippen LogP contribution in [0.15, 0.2) is 140 Å². The van der Waals surface area contributed by atoms with E-state index < -0.39 is 35.0 Å². The van der Waals surface area contributed by atoms with E-state index in [1.165, 1.54) is 11.0 Å². The van der Waals surface area contributed by atoms with Gasteiger partial charge < -0.3 is 5.11 Å². The number of hydrogen-bond donors (Lipinski definition) is 1. The van der Waals surface area contributed by atoms with E-state index in [0.717, 1.165) is 5.57 Å². The van der Waals surface area contributed by atoms with Crippen LogP contribution in [0, 0.1) is 23.7 Å². The molecule has 4 aromatic rings. The monoisotopic (exact) mass is 645 g/mol. The number of ketones is 2. The summed E-state index contributed by atoms with van der Waals surface area (Å²) >= 11 is 0. The number of phenols is 1. The Morgan fingerprint density at radius 2 is 1.47 bits per heavy atom. The predicted molar refractivity (Wildman–Crippen MR) is 188 cm³/mol. The summed E-state index contributed by atoms with van der Waals surface area (Å²) in [5, 5.41) is 12.0. The number of Topliss-reactive ketones (excluding diaryl/α,β-unsaturated/α-hetero) is 1. The summed E-state index contributed by atoms with van der Waals surface area (Å²) in [5.41, 5.74) is 2.79. The number of rotatable bonds is 6. The molecule has 4 aliphatic rings. The van der Waals surface area contributed by atoms with Gasteiger partial charge in [0.15, 0.2) is 11.6 Å². The Hall–Kier alpha value is -5.62. The first-order chi connectivity index (χ1) is 23.9. The van der Waals surface area contributed by atoms with Gasteiger partial charge >= 0.3 is 0 Å². The van der Waals surface area contributed by atoms with Crippen LogP contribution >= 0.6 is 0 Å². The zero-order chi connectivity index (χ0) is 33.9. The van der Waals surface area contributed by atoms with E-state index in [-0.39, 0.29) is 35.6 Å². The number of carbonyl (C=O) groups excluding carboxylic acids is 4. The molecule has 2 amide bonds. The van der Waals surface area contributed by atoms with Crippen LogP contribution in [0.2, 0.25) is 0 Å². The van der Waals surface area contributed by atoms with Crippen molar-refractivity contribution < 1.29 is 24.3 Å². The van der Waals surface area contributed by atoms with Crippen molar-refractivity contribution in [3.8, 4) is 5.75 Å². The number of phenolic OH excluding ortho intramolecular Hbond substituents is 1. The van der Waals surface area contributed by atoms with Gasteiger partial charge in [-0.15, -0.1) is 6.58 Å². The molecule has 6 nitrogen and oxygen atoms in total. The fraction of sp³-hybridized carbons (Fsp3) is 0.209. The number of benzene rings is 4. The summed E-state index contributed by atoms with van der Waals surface area (Å²) in [4.78, 5) is 59.9. The summed E-state index contributed by atoms with van der Waals surface area (Å²) in [5.74, 6) is -4.36. The number of nitrogens with zero attached hydrogens (tertiary/aromatic N) is 1. The Bertz CT molecular complexity index is 2080. The Labute approximate surface area is 285 Å². The number of hydrogen-bond acceptors (Lipinski definition) is 5. The molecule has 4 aromatic carbocycles. The van der Waals surface area contributed by atoms with Crippen molar-refractivity contribution in [2.75, 3.05) is 4.90 Å². The molecule has 0 unspecified atom stereocenters. The van der Waals surface area contributed by atoms with Crippen LogP contribution in [-0.4, -0.2) is 28.5 Å². The number of allylic oxidation sites excluding steroid dienone is 5. The third kappa shape index (κ3) is 4.47.